The van der Waals surface area contributed by atoms with Gasteiger partial charge in [0.05, 0.1) is 0 Å². The van der Waals surface area contributed by atoms with Crippen LogP contribution in [0.5, 0.6) is 0 Å². The molecule has 0 radical (unpaired) electrons. The average Bonchev–Trinajstić information content (AvgIpc) is 2.88. The van der Waals surface area contributed by atoms with Crippen LogP contribution in [-0.2, 0) is 0 Å². The van der Waals surface area contributed by atoms with Crippen molar-refractivity contribution in [2.24, 2.45) is 0 Å². The zero-order valence-electron chi connectivity index (χ0n) is 10.8. The summed E-state index contributed by atoms with van der Waals surface area (Å²) in [5.74, 6) is 0. The first-order valence-corrected chi connectivity index (χ1v) is 8.35. The third-order valence-corrected chi connectivity index (χ3v) is 5.70. The third kappa shape index (κ3) is 1.94. The molecule has 0 atom stereocenters. The van der Waals surface area contributed by atoms with E-state index in [1.165, 1.54) is 30.7 Å². The summed E-state index contributed by atoms with van der Waals surface area (Å²) < 4.78 is 2.86. The molecule has 0 saturated heterocycles. The molecule has 0 aliphatic heterocycles. The van der Waals surface area contributed by atoms with Crippen molar-refractivity contribution in [1.29, 1.82) is 0 Å². The molecule has 0 aliphatic rings. The second kappa shape index (κ2) is 4.82. The van der Waals surface area contributed by atoms with Gasteiger partial charge in [-0.05, 0) is 0 Å². The first-order chi connectivity index (χ1) is 9.92. The zero-order chi connectivity index (χ0) is 13.4. The Morgan fingerprint density at radius 1 is 0.650 bits per heavy atom. The van der Waals surface area contributed by atoms with Crippen LogP contribution in [0.2, 0.25) is 0 Å². The van der Waals surface area contributed by atoms with Crippen molar-refractivity contribution in [3.05, 3.63) is 72.8 Å². The van der Waals surface area contributed by atoms with Crippen LogP contribution in [0.1, 0.15) is 0 Å². The van der Waals surface area contributed by atoms with Gasteiger partial charge in [0.15, 0.2) is 0 Å². The molecular weight excluding hydrogens is 309 g/mol. The Kier molecular flexibility index (Phi) is 2.84. The van der Waals surface area contributed by atoms with Crippen molar-refractivity contribution >= 4 is 45.7 Å². The van der Waals surface area contributed by atoms with E-state index in [-0.39, 0.29) is 0 Å². The zero-order valence-corrected chi connectivity index (χ0v) is 12.5. The van der Waals surface area contributed by atoms with Crippen LogP contribution >= 0.6 is 0 Å². The number of rotatable bonds is 2. The number of fused-ring (bicyclic) bond motifs is 3. The Morgan fingerprint density at radius 3 is 2.30 bits per heavy atom. The SMILES string of the molecule is c1ccc([Se]c2cccc3[nH]c4ccccc4c23)cc1. The Hall–Kier alpha value is -2.02. The molecule has 0 fully saturated rings. The molecule has 96 valence electrons. The molecule has 0 spiro atoms. The van der Waals surface area contributed by atoms with Crippen molar-refractivity contribution in [2.45, 2.75) is 0 Å². The van der Waals surface area contributed by atoms with E-state index in [0.717, 1.165) is 0 Å². The van der Waals surface area contributed by atoms with Gasteiger partial charge in [0.2, 0.25) is 0 Å². The fraction of sp³-hybridized carbons (Fsp3) is 0. The van der Waals surface area contributed by atoms with E-state index >= 15 is 0 Å². The summed E-state index contributed by atoms with van der Waals surface area (Å²) in [7, 11) is 0. The molecule has 20 heavy (non-hydrogen) atoms. The number of H-pyrrole nitrogens is 1. The predicted octanol–water partition coefficient (Wildman–Crippen LogP) is 2.98. The van der Waals surface area contributed by atoms with Gasteiger partial charge in [0, 0.05) is 0 Å². The first-order valence-electron chi connectivity index (χ1n) is 6.64. The quantitative estimate of drug-likeness (QED) is 0.546. The topological polar surface area (TPSA) is 15.8 Å². The molecule has 1 nitrogen and oxygen atoms in total. The Balaban J connectivity index is 1.95. The van der Waals surface area contributed by atoms with E-state index in [9.17, 15) is 0 Å². The molecule has 4 aromatic rings. The molecule has 4 rings (SSSR count). The van der Waals surface area contributed by atoms with E-state index in [0.29, 0.717) is 15.0 Å². The fourth-order valence-corrected chi connectivity index (χ4v) is 4.70. The molecule has 0 unspecified atom stereocenters. The summed E-state index contributed by atoms with van der Waals surface area (Å²) >= 11 is 0.339. The maximum absolute atomic E-state index is 3.51. The van der Waals surface area contributed by atoms with Crippen LogP contribution in [0.25, 0.3) is 21.8 Å². The van der Waals surface area contributed by atoms with Gasteiger partial charge in [0.25, 0.3) is 0 Å². The summed E-state index contributed by atoms with van der Waals surface area (Å²) in [5.41, 5.74) is 2.46. The number of para-hydroxylation sites is 1. The number of aromatic amines is 1. The maximum atomic E-state index is 3.51. The van der Waals surface area contributed by atoms with E-state index in [2.05, 4.69) is 77.8 Å². The summed E-state index contributed by atoms with van der Waals surface area (Å²) in [5, 5.41) is 2.71. The van der Waals surface area contributed by atoms with Crippen molar-refractivity contribution in [1.82, 2.24) is 4.98 Å². The van der Waals surface area contributed by atoms with Crippen LogP contribution in [-0.4, -0.2) is 19.9 Å². The fourth-order valence-electron chi connectivity index (χ4n) is 2.57. The van der Waals surface area contributed by atoms with Gasteiger partial charge in [-0.2, -0.15) is 0 Å². The van der Waals surface area contributed by atoms with E-state index in [1.807, 2.05) is 0 Å². The second-order valence-electron chi connectivity index (χ2n) is 4.76. The normalized spacial score (nSPS) is 11.2. The van der Waals surface area contributed by atoms with Gasteiger partial charge in [-0.1, -0.05) is 0 Å². The van der Waals surface area contributed by atoms with Crippen molar-refractivity contribution < 1.29 is 0 Å². The van der Waals surface area contributed by atoms with E-state index in [1.54, 1.807) is 0 Å². The Bertz CT molecular complexity index is 878. The summed E-state index contributed by atoms with van der Waals surface area (Å²) in [6.07, 6.45) is 0. The van der Waals surface area contributed by atoms with Gasteiger partial charge in [-0.15, -0.1) is 0 Å². The van der Waals surface area contributed by atoms with Gasteiger partial charge < -0.3 is 0 Å². The van der Waals surface area contributed by atoms with Gasteiger partial charge >= 0.3 is 123 Å². The minimum absolute atomic E-state index is 0.339. The molecule has 1 heterocycles. The molecule has 0 amide bonds. The molecule has 1 aromatic heterocycles. The third-order valence-electron chi connectivity index (χ3n) is 3.46. The summed E-state index contributed by atoms with van der Waals surface area (Å²) in [4.78, 5) is 3.51. The molecule has 0 bridgehead atoms. The van der Waals surface area contributed by atoms with Crippen LogP contribution in [0.4, 0.5) is 0 Å². The number of hydrogen-bond acceptors (Lipinski definition) is 0. The molecule has 0 aliphatic carbocycles. The number of benzene rings is 3. The van der Waals surface area contributed by atoms with Crippen LogP contribution in [0, 0.1) is 0 Å². The molecule has 1 N–H and O–H groups in total. The number of hydrogen-bond donors (Lipinski definition) is 1. The second-order valence-corrected chi connectivity index (χ2v) is 7.10. The predicted molar refractivity (Wildman–Crippen MR) is 87.3 cm³/mol. The van der Waals surface area contributed by atoms with Crippen LogP contribution in [0.15, 0.2) is 72.8 Å². The van der Waals surface area contributed by atoms with E-state index < -0.39 is 0 Å². The monoisotopic (exact) mass is 323 g/mol. The van der Waals surface area contributed by atoms with Gasteiger partial charge in [0.1, 0.15) is 0 Å². The number of nitrogens with one attached hydrogen (secondary N) is 1. The molecule has 0 saturated carbocycles. The van der Waals surface area contributed by atoms with Gasteiger partial charge in [-0.25, -0.2) is 0 Å². The minimum atomic E-state index is 0.339. The van der Waals surface area contributed by atoms with Crippen LogP contribution < -0.4 is 8.92 Å². The Morgan fingerprint density at radius 2 is 1.40 bits per heavy atom. The van der Waals surface area contributed by atoms with Crippen LogP contribution in [0.3, 0.4) is 0 Å². The van der Waals surface area contributed by atoms with Crippen molar-refractivity contribution in [3.8, 4) is 0 Å². The van der Waals surface area contributed by atoms with Gasteiger partial charge in [-0.3, -0.25) is 0 Å². The first kappa shape index (κ1) is 11.8. The average molecular weight is 322 g/mol. The standard InChI is InChI=1S/C18H13NSe/c1-2-7-13(8-3-1)20-17-12-6-11-16-18(17)14-9-4-5-10-15(14)19-16/h1-12,19H. The molecule has 3 aromatic carbocycles. The molecule has 2 heteroatoms. The Labute approximate surface area is 123 Å². The summed E-state index contributed by atoms with van der Waals surface area (Å²) in [6.45, 7) is 0. The van der Waals surface area contributed by atoms with E-state index in [4.69, 9.17) is 0 Å². The molecular formula is C18H13NSe. The van der Waals surface area contributed by atoms with Crippen molar-refractivity contribution in [2.75, 3.05) is 0 Å². The number of aromatic nitrogens is 1. The van der Waals surface area contributed by atoms with Crippen molar-refractivity contribution in [3.63, 3.8) is 0 Å². The summed E-state index contributed by atoms with van der Waals surface area (Å²) in [6, 6.07) is 25.9.